The Hall–Kier alpha value is -1.15. The number of piperidine rings is 1. The van der Waals surface area contributed by atoms with Crippen molar-refractivity contribution in [3.8, 4) is 0 Å². The highest BCUT2D eigenvalue weighted by Gasteiger charge is 2.42. The Bertz CT molecular complexity index is 853. The van der Waals surface area contributed by atoms with E-state index in [0.717, 1.165) is 11.8 Å². The Balaban J connectivity index is 1.20. The molecule has 2 saturated carbocycles. The van der Waals surface area contributed by atoms with E-state index in [1.165, 1.54) is 37.8 Å². The number of halogens is 1. The molecule has 1 saturated heterocycles. The number of carbonyl (C=O) groups is 1. The van der Waals surface area contributed by atoms with Crippen LogP contribution in [0, 0.1) is 17.8 Å². The Morgan fingerprint density at radius 1 is 1.13 bits per heavy atom. The maximum atomic E-state index is 12.5. The summed E-state index contributed by atoms with van der Waals surface area (Å²) in [6.07, 6.45) is 6.72. The summed E-state index contributed by atoms with van der Waals surface area (Å²) < 4.78 is 27.9. The number of hydrogen-bond donors (Lipinski definition) is 2. The summed E-state index contributed by atoms with van der Waals surface area (Å²) in [5.41, 5.74) is 0. The predicted octanol–water partition coefficient (Wildman–Crippen LogP) is 3.02. The van der Waals surface area contributed by atoms with Gasteiger partial charge in [0.2, 0.25) is 15.9 Å². The van der Waals surface area contributed by atoms with Crippen LogP contribution in [0.2, 0.25) is 5.02 Å². The lowest BCUT2D eigenvalue weighted by Crippen LogP contribution is -2.49. The lowest BCUT2D eigenvalue weighted by atomic mass is 9.84. The van der Waals surface area contributed by atoms with Gasteiger partial charge in [0.25, 0.3) is 0 Å². The van der Waals surface area contributed by atoms with Gasteiger partial charge in [-0.1, -0.05) is 18.0 Å². The average Bonchev–Trinajstić information content (AvgIpc) is 3.33. The maximum absolute atomic E-state index is 12.5. The maximum Gasteiger partial charge on any atom is 0.240 e. The van der Waals surface area contributed by atoms with Crippen molar-refractivity contribution in [2.24, 2.45) is 17.8 Å². The molecule has 30 heavy (non-hydrogen) atoms. The zero-order valence-electron chi connectivity index (χ0n) is 17.5. The highest BCUT2D eigenvalue weighted by atomic mass is 35.5. The molecule has 0 radical (unpaired) electrons. The Kier molecular flexibility index (Phi) is 6.73. The first-order chi connectivity index (χ1) is 14.3. The van der Waals surface area contributed by atoms with Gasteiger partial charge in [-0.3, -0.25) is 9.69 Å². The van der Waals surface area contributed by atoms with Crippen LogP contribution < -0.4 is 10.0 Å². The number of sulfonamides is 1. The number of carbonyl (C=O) groups excluding carboxylic acids is 1. The van der Waals surface area contributed by atoms with E-state index in [-0.39, 0.29) is 22.9 Å². The molecule has 0 spiro atoms. The minimum Gasteiger partial charge on any atom is -0.352 e. The van der Waals surface area contributed by atoms with Crippen LogP contribution in [-0.4, -0.2) is 50.9 Å². The molecule has 8 heteroatoms. The van der Waals surface area contributed by atoms with Crippen molar-refractivity contribution in [2.45, 2.75) is 62.4 Å². The molecule has 4 atom stereocenters. The number of nitrogens with zero attached hydrogens (tertiary/aromatic N) is 1. The zero-order chi connectivity index (χ0) is 21.3. The molecule has 1 aromatic carbocycles. The predicted molar refractivity (Wildman–Crippen MR) is 118 cm³/mol. The normalized spacial score (nSPS) is 28.5. The van der Waals surface area contributed by atoms with Crippen LogP contribution in [0.15, 0.2) is 29.2 Å². The van der Waals surface area contributed by atoms with Gasteiger partial charge in [-0.25, -0.2) is 13.1 Å². The number of benzene rings is 1. The standard InChI is InChI=1S/C22H32ClN3O3S/c1-15(21-13-16-2-3-17(21)12-16)24-22(27)14-26-10-8-19(9-11-26)25-30(28,29)20-6-4-18(23)5-7-20/h4-7,15-17,19,21,25H,2-3,8-14H2,1H3,(H,24,27). The van der Waals surface area contributed by atoms with Crippen molar-refractivity contribution in [1.82, 2.24) is 14.9 Å². The molecule has 4 unspecified atom stereocenters. The molecule has 2 N–H and O–H groups in total. The van der Waals surface area contributed by atoms with Gasteiger partial charge < -0.3 is 5.32 Å². The number of likely N-dealkylation sites (tertiary alicyclic amines) is 1. The van der Waals surface area contributed by atoms with E-state index in [0.29, 0.717) is 43.4 Å². The first-order valence-electron chi connectivity index (χ1n) is 11.1. The summed E-state index contributed by atoms with van der Waals surface area (Å²) in [6.45, 7) is 3.97. The van der Waals surface area contributed by atoms with Gasteiger partial charge >= 0.3 is 0 Å². The quantitative estimate of drug-likeness (QED) is 0.665. The molecule has 166 valence electrons. The van der Waals surface area contributed by atoms with Gasteiger partial charge in [0.15, 0.2) is 0 Å². The van der Waals surface area contributed by atoms with Crippen LogP contribution in [0.3, 0.4) is 0 Å². The van der Waals surface area contributed by atoms with Crippen LogP contribution in [-0.2, 0) is 14.8 Å². The van der Waals surface area contributed by atoms with Gasteiger partial charge in [0, 0.05) is 30.2 Å². The lowest BCUT2D eigenvalue weighted by molar-refractivity contribution is -0.123. The first-order valence-corrected chi connectivity index (χ1v) is 13.0. The van der Waals surface area contributed by atoms with Crippen LogP contribution in [0.4, 0.5) is 0 Å². The molecule has 0 aromatic heterocycles. The molecule has 3 aliphatic rings. The van der Waals surface area contributed by atoms with Gasteiger partial charge in [0.05, 0.1) is 11.4 Å². The van der Waals surface area contributed by atoms with Crippen molar-refractivity contribution in [3.05, 3.63) is 29.3 Å². The summed E-state index contributed by atoms with van der Waals surface area (Å²) in [6, 6.07) is 6.32. The van der Waals surface area contributed by atoms with Gasteiger partial charge in [-0.05, 0) is 81.0 Å². The minimum absolute atomic E-state index is 0.0884. The molecule has 1 aliphatic heterocycles. The second kappa shape index (κ2) is 9.15. The molecule has 2 bridgehead atoms. The summed E-state index contributed by atoms with van der Waals surface area (Å²) >= 11 is 5.84. The topological polar surface area (TPSA) is 78.5 Å². The van der Waals surface area contributed by atoms with E-state index in [1.807, 2.05) is 0 Å². The van der Waals surface area contributed by atoms with Crippen LogP contribution >= 0.6 is 11.6 Å². The van der Waals surface area contributed by atoms with Crippen LogP contribution in [0.25, 0.3) is 0 Å². The Morgan fingerprint density at radius 3 is 2.43 bits per heavy atom. The summed E-state index contributed by atoms with van der Waals surface area (Å²) in [4.78, 5) is 14.9. The first kappa shape index (κ1) is 22.1. The molecule has 2 aliphatic carbocycles. The third kappa shape index (κ3) is 5.18. The van der Waals surface area contributed by atoms with Crippen molar-refractivity contribution in [1.29, 1.82) is 0 Å². The number of nitrogens with one attached hydrogen (secondary N) is 2. The molecule has 3 fully saturated rings. The van der Waals surface area contributed by atoms with Crippen LogP contribution in [0.5, 0.6) is 0 Å². The van der Waals surface area contributed by atoms with Crippen molar-refractivity contribution >= 4 is 27.5 Å². The van der Waals surface area contributed by atoms with Crippen molar-refractivity contribution in [3.63, 3.8) is 0 Å². The number of fused-ring (bicyclic) bond motifs is 2. The fraction of sp³-hybridized carbons (Fsp3) is 0.682. The fourth-order valence-electron chi connectivity index (χ4n) is 5.63. The second-order valence-electron chi connectivity index (χ2n) is 9.32. The second-order valence-corrected chi connectivity index (χ2v) is 11.5. The zero-order valence-corrected chi connectivity index (χ0v) is 19.1. The molecular formula is C22H32ClN3O3S. The Labute approximate surface area is 184 Å². The van der Waals surface area contributed by atoms with E-state index in [9.17, 15) is 13.2 Å². The SMILES string of the molecule is CC(NC(=O)CN1CCC(NS(=O)(=O)c2ccc(Cl)cc2)CC1)C1CC2CCC1C2. The van der Waals surface area contributed by atoms with E-state index in [4.69, 9.17) is 11.6 Å². The summed E-state index contributed by atoms with van der Waals surface area (Å²) in [5, 5.41) is 3.74. The molecule has 6 nitrogen and oxygen atoms in total. The van der Waals surface area contributed by atoms with E-state index in [2.05, 4.69) is 21.9 Å². The summed E-state index contributed by atoms with van der Waals surface area (Å²) in [7, 11) is -3.55. The van der Waals surface area contributed by atoms with Gasteiger partial charge in [-0.15, -0.1) is 0 Å². The smallest absolute Gasteiger partial charge is 0.240 e. The average molecular weight is 454 g/mol. The number of hydrogen-bond acceptors (Lipinski definition) is 4. The molecule has 1 amide bonds. The van der Waals surface area contributed by atoms with E-state index in [1.54, 1.807) is 12.1 Å². The van der Waals surface area contributed by atoms with E-state index >= 15 is 0 Å². The monoisotopic (exact) mass is 453 g/mol. The van der Waals surface area contributed by atoms with Gasteiger partial charge in [-0.2, -0.15) is 0 Å². The molecule has 4 rings (SSSR count). The molecule has 1 aromatic rings. The molecule has 1 heterocycles. The van der Waals surface area contributed by atoms with E-state index < -0.39 is 10.0 Å². The van der Waals surface area contributed by atoms with Crippen molar-refractivity contribution in [2.75, 3.05) is 19.6 Å². The molecular weight excluding hydrogens is 422 g/mol. The highest BCUT2D eigenvalue weighted by molar-refractivity contribution is 7.89. The Morgan fingerprint density at radius 2 is 1.83 bits per heavy atom. The van der Waals surface area contributed by atoms with Crippen molar-refractivity contribution < 1.29 is 13.2 Å². The number of amides is 1. The highest BCUT2D eigenvalue weighted by Crippen LogP contribution is 2.49. The largest absolute Gasteiger partial charge is 0.352 e. The summed E-state index contributed by atoms with van der Waals surface area (Å²) in [5.74, 6) is 2.41. The number of rotatable bonds is 7. The lowest BCUT2D eigenvalue weighted by Gasteiger charge is -2.33. The minimum atomic E-state index is -3.55. The third-order valence-electron chi connectivity index (χ3n) is 7.22. The fourth-order valence-corrected chi connectivity index (χ4v) is 7.06. The van der Waals surface area contributed by atoms with Gasteiger partial charge in [0.1, 0.15) is 0 Å². The third-order valence-corrected chi connectivity index (χ3v) is 9.01. The van der Waals surface area contributed by atoms with Crippen LogP contribution in [0.1, 0.15) is 45.4 Å².